The number of methoxy groups -OCH3 is 1. The van der Waals surface area contributed by atoms with Gasteiger partial charge in [0.25, 0.3) is 0 Å². The van der Waals surface area contributed by atoms with Crippen LogP contribution in [-0.4, -0.2) is 19.6 Å². The molecule has 0 N–H and O–H groups in total. The van der Waals surface area contributed by atoms with Crippen molar-refractivity contribution in [2.75, 3.05) is 19.6 Å². The molecule has 78 valence electrons. The number of benzene rings is 1. The Balaban J connectivity index is 2.64. The van der Waals surface area contributed by atoms with Gasteiger partial charge in [-0.2, -0.15) is 0 Å². The number of hydrogen-bond donors (Lipinski definition) is 0. The van der Waals surface area contributed by atoms with Gasteiger partial charge in [0.05, 0.1) is 0 Å². The van der Waals surface area contributed by atoms with Crippen LogP contribution in [0.5, 0.6) is 0 Å². The van der Waals surface area contributed by atoms with Gasteiger partial charge in [-0.3, -0.25) is 0 Å². The standard InChI is InChI=1S/C11H14Cl2O/c1-14-7-6-10(8-12)9-2-4-11(13)5-3-9/h2-5,10H,6-8H2,1H3. The Hall–Kier alpha value is -0.240. The molecule has 14 heavy (non-hydrogen) atoms. The minimum absolute atomic E-state index is 0.355. The molecule has 3 heteroatoms. The van der Waals surface area contributed by atoms with Crippen LogP contribution in [-0.2, 0) is 4.74 Å². The third-order valence-electron chi connectivity index (χ3n) is 2.20. The van der Waals surface area contributed by atoms with Crippen LogP contribution in [0.2, 0.25) is 5.02 Å². The van der Waals surface area contributed by atoms with Crippen LogP contribution >= 0.6 is 23.2 Å². The van der Waals surface area contributed by atoms with E-state index < -0.39 is 0 Å². The summed E-state index contributed by atoms with van der Waals surface area (Å²) >= 11 is 11.7. The quantitative estimate of drug-likeness (QED) is 0.704. The fraction of sp³-hybridized carbons (Fsp3) is 0.455. The van der Waals surface area contributed by atoms with Gasteiger partial charge in [-0.05, 0) is 30.0 Å². The van der Waals surface area contributed by atoms with Crippen LogP contribution in [0, 0.1) is 0 Å². The molecule has 1 aromatic carbocycles. The summed E-state index contributed by atoms with van der Waals surface area (Å²) in [6, 6.07) is 7.82. The van der Waals surface area contributed by atoms with Gasteiger partial charge in [-0.15, -0.1) is 11.6 Å². The normalized spacial score (nSPS) is 12.8. The molecule has 0 saturated heterocycles. The molecule has 1 aromatic rings. The van der Waals surface area contributed by atoms with E-state index in [-0.39, 0.29) is 0 Å². The van der Waals surface area contributed by atoms with Gasteiger partial charge in [0.2, 0.25) is 0 Å². The van der Waals surface area contributed by atoms with Crippen molar-refractivity contribution in [3.63, 3.8) is 0 Å². The van der Waals surface area contributed by atoms with Gasteiger partial charge < -0.3 is 4.74 Å². The first-order chi connectivity index (χ1) is 6.77. The Labute approximate surface area is 95.0 Å². The van der Waals surface area contributed by atoms with E-state index in [0.29, 0.717) is 11.8 Å². The second-order valence-corrected chi connectivity index (χ2v) is 3.93. The lowest BCUT2D eigenvalue weighted by atomic mass is 9.98. The molecule has 0 spiro atoms. The van der Waals surface area contributed by atoms with Gasteiger partial charge in [0, 0.05) is 24.6 Å². The van der Waals surface area contributed by atoms with Crippen molar-refractivity contribution in [3.05, 3.63) is 34.9 Å². The van der Waals surface area contributed by atoms with Gasteiger partial charge in [0.1, 0.15) is 0 Å². The molecule has 0 aliphatic carbocycles. The topological polar surface area (TPSA) is 9.23 Å². The van der Waals surface area contributed by atoms with E-state index in [4.69, 9.17) is 27.9 Å². The Morgan fingerprint density at radius 3 is 2.43 bits per heavy atom. The first kappa shape index (κ1) is 11.8. The zero-order valence-electron chi connectivity index (χ0n) is 8.17. The van der Waals surface area contributed by atoms with E-state index in [2.05, 4.69) is 0 Å². The summed E-state index contributed by atoms with van der Waals surface area (Å²) in [5, 5.41) is 0.758. The van der Waals surface area contributed by atoms with Gasteiger partial charge >= 0.3 is 0 Å². The first-order valence-electron chi connectivity index (χ1n) is 4.58. The molecule has 0 fully saturated rings. The van der Waals surface area contributed by atoms with Crippen molar-refractivity contribution >= 4 is 23.2 Å². The first-order valence-corrected chi connectivity index (χ1v) is 5.49. The van der Waals surface area contributed by atoms with Crippen LogP contribution in [0.3, 0.4) is 0 Å². The van der Waals surface area contributed by atoms with Gasteiger partial charge in [-0.25, -0.2) is 0 Å². The number of rotatable bonds is 5. The molecule has 0 saturated carbocycles. The summed E-state index contributed by atoms with van der Waals surface area (Å²) in [5.41, 5.74) is 1.22. The van der Waals surface area contributed by atoms with Crippen LogP contribution < -0.4 is 0 Å². The molecule has 1 nitrogen and oxygen atoms in total. The SMILES string of the molecule is COCCC(CCl)c1ccc(Cl)cc1. The summed E-state index contributed by atoms with van der Waals surface area (Å²) in [7, 11) is 1.70. The van der Waals surface area contributed by atoms with E-state index in [1.54, 1.807) is 7.11 Å². The van der Waals surface area contributed by atoms with Crippen molar-refractivity contribution in [2.45, 2.75) is 12.3 Å². The second-order valence-electron chi connectivity index (χ2n) is 3.18. The van der Waals surface area contributed by atoms with Crippen molar-refractivity contribution in [2.24, 2.45) is 0 Å². The van der Waals surface area contributed by atoms with E-state index in [1.807, 2.05) is 24.3 Å². The van der Waals surface area contributed by atoms with Crippen LogP contribution in [0.25, 0.3) is 0 Å². The van der Waals surface area contributed by atoms with Crippen molar-refractivity contribution in [3.8, 4) is 0 Å². The van der Waals surface area contributed by atoms with E-state index >= 15 is 0 Å². The molecule has 0 amide bonds. The number of hydrogen-bond acceptors (Lipinski definition) is 1. The Kier molecular flexibility index (Phi) is 5.31. The highest BCUT2D eigenvalue weighted by Crippen LogP contribution is 2.22. The molecular formula is C11H14Cl2O. The smallest absolute Gasteiger partial charge is 0.0468 e. The number of ether oxygens (including phenoxy) is 1. The van der Waals surface area contributed by atoms with Crippen molar-refractivity contribution < 1.29 is 4.74 Å². The molecule has 0 bridgehead atoms. The predicted molar refractivity (Wildman–Crippen MR) is 61.4 cm³/mol. The summed E-state index contributed by atoms with van der Waals surface area (Å²) in [5.74, 6) is 0.972. The third-order valence-corrected chi connectivity index (χ3v) is 2.82. The lowest BCUT2D eigenvalue weighted by Gasteiger charge is -2.13. The summed E-state index contributed by atoms with van der Waals surface area (Å²) in [6.07, 6.45) is 0.946. The Bertz CT molecular complexity index is 258. The maximum Gasteiger partial charge on any atom is 0.0468 e. The monoisotopic (exact) mass is 232 g/mol. The number of alkyl halides is 1. The van der Waals surface area contributed by atoms with Crippen LogP contribution in [0.15, 0.2) is 24.3 Å². The fourth-order valence-electron chi connectivity index (χ4n) is 1.33. The average Bonchev–Trinajstić information content (AvgIpc) is 2.21. The minimum atomic E-state index is 0.355. The highest BCUT2D eigenvalue weighted by molar-refractivity contribution is 6.30. The maximum absolute atomic E-state index is 5.89. The molecule has 1 rings (SSSR count). The lowest BCUT2D eigenvalue weighted by Crippen LogP contribution is -2.04. The molecular weight excluding hydrogens is 219 g/mol. The lowest BCUT2D eigenvalue weighted by molar-refractivity contribution is 0.189. The van der Waals surface area contributed by atoms with Gasteiger partial charge in [0.15, 0.2) is 0 Å². The summed E-state index contributed by atoms with van der Waals surface area (Å²) < 4.78 is 5.03. The van der Waals surface area contributed by atoms with E-state index in [9.17, 15) is 0 Å². The average molecular weight is 233 g/mol. The third kappa shape index (κ3) is 3.49. The Morgan fingerprint density at radius 2 is 1.93 bits per heavy atom. The molecule has 1 atom stereocenters. The van der Waals surface area contributed by atoms with Crippen molar-refractivity contribution in [1.82, 2.24) is 0 Å². The molecule has 0 aliphatic heterocycles. The predicted octanol–water partition coefficient (Wildman–Crippen LogP) is 3.70. The van der Waals surface area contributed by atoms with E-state index in [1.165, 1.54) is 5.56 Å². The maximum atomic E-state index is 5.89. The molecule has 0 heterocycles. The summed E-state index contributed by atoms with van der Waals surface area (Å²) in [4.78, 5) is 0. The number of halogens is 2. The van der Waals surface area contributed by atoms with E-state index in [0.717, 1.165) is 18.1 Å². The molecule has 1 unspecified atom stereocenters. The fourth-order valence-corrected chi connectivity index (χ4v) is 1.79. The molecule has 0 radical (unpaired) electrons. The van der Waals surface area contributed by atoms with Crippen molar-refractivity contribution in [1.29, 1.82) is 0 Å². The van der Waals surface area contributed by atoms with Crippen LogP contribution in [0.1, 0.15) is 17.9 Å². The summed E-state index contributed by atoms with van der Waals surface area (Å²) in [6.45, 7) is 0.736. The van der Waals surface area contributed by atoms with Crippen LogP contribution in [0.4, 0.5) is 0 Å². The zero-order chi connectivity index (χ0) is 10.4. The minimum Gasteiger partial charge on any atom is -0.385 e. The largest absolute Gasteiger partial charge is 0.385 e. The second kappa shape index (κ2) is 6.28. The highest BCUT2D eigenvalue weighted by Gasteiger charge is 2.09. The Morgan fingerprint density at radius 1 is 1.29 bits per heavy atom. The van der Waals surface area contributed by atoms with Gasteiger partial charge in [-0.1, -0.05) is 23.7 Å². The molecule has 0 aromatic heterocycles. The molecule has 0 aliphatic rings. The zero-order valence-corrected chi connectivity index (χ0v) is 9.68. The highest BCUT2D eigenvalue weighted by atomic mass is 35.5.